The molecule has 0 aliphatic heterocycles. The van der Waals surface area contributed by atoms with Crippen molar-refractivity contribution in [1.82, 2.24) is 10.2 Å². The smallest absolute Gasteiger partial charge is 0.189 e. The molecule has 0 fully saturated rings. The second-order valence-electron chi connectivity index (χ2n) is 3.10. The molecule has 0 saturated carbocycles. The number of hydrogen-bond acceptors (Lipinski definition) is 4. The van der Waals surface area contributed by atoms with E-state index in [0.717, 1.165) is 16.6 Å². The van der Waals surface area contributed by atoms with Gasteiger partial charge in [-0.05, 0) is 12.1 Å². The molecule has 3 N–H and O–H groups in total. The van der Waals surface area contributed by atoms with E-state index in [1.54, 1.807) is 14.2 Å². The van der Waals surface area contributed by atoms with E-state index in [2.05, 4.69) is 10.2 Å². The topological polar surface area (TPSA) is 73.2 Å². The minimum absolute atomic E-state index is 0.423. The van der Waals surface area contributed by atoms with Crippen LogP contribution in [0.3, 0.4) is 0 Å². The van der Waals surface area contributed by atoms with Crippen LogP contribution in [0.1, 0.15) is 5.69 Å². The Bertz CT molecular complexity index is 479. The number of aromatic nitrogens is 2. The third-order valence-corrected chi connectivity index (χ3v) is 2.35. The van der Waals surface area contributed by atoms with E-state index in [1.165, 1.54) is 0 Å². The predicted molar refractivity (Wildman–Crippen MR) is 57.1 cm³/mol. The zero-order valence-electron chi connectivity index (χ0n) is 8.70. The fourth-order valence-electron chi connectivity index (χ4n) is 1.60. The SMILES string of the molecule is COc1ccc2c(CN)[nH]nc2c1OC. The molecule has 0 radical (unpaired) electrons. The highest BCUT2D eigenvalue weighted by molar-refractivity contribution is 5.89. The number of benzene rings is 1. The van der Waals surface area contributed by atoms with E-state index in [9.17, 15) is 0 Å². The van der Waals surface area contributed by atoms with Crippen molar-refractivity contribution in [1.29, 1.82) is 0 Å². The summed E-state index contributed by atoms with van der Waals surface area (Å²) in [4.78, 5) is 0. The quantitative estimate of drug-likeness (QED) is 0.788. The van der Waals surface area contributed by atoms with Crippen LogP contribution < -0.4 is 15.2 Å². The highest BCUT2D eigenvalue weighted by Crippen LogP contribution is 2.34. The third-order valence-electron chi connectivity index (χ3n) is 2.35. The Morgan fingerprint density at radius 2 is 2.13 bits per heavy atom. The zero-order valence-corrected chi connectivity index (χ0v) is 8.70. The number of rotatable bonds is 3. The van der Waals surface area contributed by atoms with Crippen LogP contribution >= 0.6 is 0 Å². The molecule has 0 aliphatic carbocycles. The van der Waals surface area contributed by atoms with E-state index in [4.69, 9.17) is 15.2 Å². The van der Waals surface area contributed by atoms with E-state index in [1.807, 2.05) is 12.1 Å². The number of ether oxygens (including phenoxy) is 2. The molecule has 0 bridgehead atoms. The molecule has 0 unspecified atom stereocenters. The van der Waals surface area contributed by atoms with Gasteiger partial charge in [-0.2, -0.15) is 5.10 Å². The summed E-state index contributed by atoms with van der Waals surface area (Å²) < 4.78 is 10.4. The van der Waals surface area contributed by atoms with E-state index < -0.39 is 0 Å². The van der Waals surface area contributed by atoms with Crippen molar-refractivity contribution in [2.45, 2.75) is 6.54 Å². The Hall–Kier alpha value is -1.75. The number of nitrogens with two attached hydrogens (primary N) is 1. The van der Waals surface area contributed by atoms with Crippen LogP contribution in [0.25, 0.3) is 10.9 Å². The van der Waals surface area contributed by atoms with Gasteiger partial charge in [-0.1, -0.05) is 0 Å². The molecule has 0 aliphatic rings. The second kappa shape index (κ2) is 3.78. The highest BCUT2D eigenvalue weighted by Gasteiger charge is 2.13. The largest absolute Gasteiger partial charge is 0.493 e. The van der Waals surface area contributed by atoms with E-state index in [0.29, 0.717) is 18.0 Å². The van der Waals surface area contributed by atoms with Crippen molar-refractivity contribution in [3.05, 3.63) is 17.8 Å². The standard InChI is InChI=1S/C10H13N3O2/c1-14-8-4-3-6-7(5-11)12-13-9(6)10(8)15-2/h3-4H,5,11H2,1-2H3,(H,12,13). The van der Waals surface area contributed by atoms with E-state index >= 15 is 0 Å². The first kappa shape index (κ1) is 9.79. The maximum absolute atomic E-state index is 5.58. The Morgan fingerprint density at radius 3 is 2.73 bits per heavy atom. The van der Waals surface area contributed by atoms with Gasteiger partial charge in [-0.15, -0.1) is 0 Å². The first-order valence-corrected chi connectivity index (χ1v) is 4.59. The van der Waals surface area contributed by atoms with Gasteiger partial charge in [0.2, 0.25) is 0 Å². The van der Waals surface area contributed by atoms with Gasteiger partial charge in [0, 0.05) is 11.9 Å². The Morgan fingerprint density at radius 1 is 1.33 bits per heavy atom. The Balaban J connectivity index is 2.72. The van der Waals surface area contributed by atoms with Crippen molar-refractivity contribution in [3.8, 4) is 11.5 Å². The molecular formula is C10H13N3O2. The first-order valence-electron chi connectivity index (χ1n) is 4.59. The van der Waals surface area contributed by atoms with E-state index in [-0.39, 0.29) is 0 Å². The number of hydrogen-bond donors (Lipinski definition) is 2. The van der Waals surface area contributed by atoms with Crippen LogP contribution in [0.2, 0.25) is 0 Å². The van der Waals surface area contributed by atoms with Gasteiger partial charge in [0.1, 0.15) is 5.52 Å². The van der Waals surface area contributed by atoms with Gasteiger partial charge in [0.25, 0.3) is 0 Å². The zero-order chi connectivity index (χ0) is 10.8. The molecule has 80 valence electrons. The van der Waals surface area contributed by atoms with Crippen molar-refractivity contribution in [3.63, 3.8) is 0 Å². The normalized spacial score (nSPS) is 10.6. The Labute approximate surface area is 87.2 Å². The van der Waals surface area contributed by atoms with Crippen LogP contribution in [0.5, 0.6) is 11.5 Å². The number of nitrogens with zero attached hydrogens (tertiary/aromatic N) is 1. The van der Waals surface area contributed by atoms with Gasteiger partial charge < -0.3 is 15.2 Å². The summed E-state index contributed by atoms with van der Waals surface area (Å²) in [6, 6.07) is 3.76. The first-order chi connectivity index (χ1) is 7.31. The van der Waals surface area contributed by atoms with Crippen LogP contribution in [0.15, 0.2) is 12.1 Å². The highest BCUT2D eigenvalue weighted by atomic mass is 16.5. The lowest BCUT2D eigenvalue weighted by molar-refractivity contribution is 0.358. The summed E-state index contributed by atoms with van der Waals surface area (Å²) >= 11 is 0. The number of aromatic amines is 1. The molecular weight excluding hydrogens is 194 g/mol. The lowest BCUT2D eigenvalue weighted by Gasteiger charge is -2.07. The van der Waals surface area contributed by atoms with Crippen LogP contribution in [0, 0.1) is 0 Å². The fraction of sp³-hybridized carbons (Fsp3) is 0.300. The molecule has 5 nitrogen and oxygen atoms in total. The van der Waals surface area contributed by atoms with Crippen LogP contribution in [0.4, 0.5) is 0 Å². The minimum atomic E-state index is 0.423. The molecule has 1 heterocycles. The van der Waals surface area contributed by atoms with Gasteiger partial charge >= 0.3 is 0 Å². The summed E-state index contributed by atoms with van der Waals surface area (Å²) in [5.74, 6) is 1.30. The van der Waals surface area contributed by atoms with Crippen molar-refractivity contribution in [2.24, 2.45) is 5.73 Å². The molecule has 5 heteroatoms. The summed E-state index contributed by atoms with van der Waals surface area (Å²) in [6.07, 6.45) is 0. The number of H-pyrrole nitrogens is 1. The molecule has 15 heavy (non-hydrogen) atoms. The van der Waals surface area contributed by atoms with Gasteiger partial charge in [0.05, 0.1) is 19.9 Å². The summed E-state index contributed by atoms with van der Waals surface area (Å²) in [5, 5.41) is 8.01. The molecule has 2 aromatic rings. The molecule has 1 aromatic carbocycles. The van der Waals surface area contributed by atoms with Crippen LogP contribution in [-0.4, -0.2) is 24.4 Å². The summed E-state index contributed by atoms with van der Waals surface area (Å²) in [7, 11) is 3.19. The average Bonchev–Trinajstić information content (AvgIpc) is 2.70. The number of methoxy groups -OCH3 is 2. The van der Waals surface area contributed by atoms with Crippen molar-refractivity contribution in [2.75, 3.05) is 14.2 Å². The maximum Gasteiger partial charge on any atom is 0.189 e. The summed E-state index contributed by atoms with van der Waals surface area (Å²) in [5.41, 5.74) is 7.22. The van der Waals surface area contributed by atoms with Crippen molar-refractivity contribution < 1.29 is 9.47 Å². The summed E-state index contributed by atoms with van der Waals surface area (Å²) in [6.45, 7) is 0.423. The second-order valence-corrected chi connectivity index (χ2v) is 3.10. The Kier molecular flexibility index (Phi) is 2.47. The molecule has 0 saturated heterocycles. The lowest BCUT2D eigenvalue weighted by atomic mass is 10.2. The fourth-order valence-corrected chi connectivity index (χ4v) is 1.60. The molecule has 0 spiro atoms. The van der Waals surface area contributed by atoms with Crippen LogP contribution in [-0.2, 0) is 6.54 Å². The minimum Gasteiger partial charge on any atom is -0.493 e. The van der Waals surface area contributed by atoms with Gasteiger partial charge in [0.15, 0.2) is 11.5 Å². The average molecular weight is 207 g/mol. The molecule has 0 atom stereocenters. The molecule has 2 rings (SSSR count). The maximum atomic E-state index is 5.58. The lowest BCUT2D eigenvalue weighted by Crippen LogP contribution is -1.96. The third kappa shape index (κ3) is 1.41. The predicted octanol–water partition coefficient (Wildman–Crippen LogP) is 1.04. The van der Waals surface area contributed by atoms with Gasteiger partial charge in [-0.25, -0.2) is 0 Å². The van der Waals surface area contributed by atoms with Gasteiger partial charge in [-0.3, -0.25) is 5.10 Å². The van der Waals surface area contributed by atoms with Crippen molar-refractivity contribution >= 4 is 10.9 Å². The number of nitrogens with one attached hydrogen (secondary N) is 1. The number of fused-ring (bicyclic) bond motifs is 1. The molecule has 0 amide bonds. The monoisotopic (exact) mass is 207 g/mol. The molecule has 1 aromatic heterocycles.